The number of primary amides is 1. The Hall–Kier alpha value is -0.610. The summed E-state index contributed by atoms with van der Waals surface area (Å²) < 4.78 is 0. The SMILES string of the molecule is NC(=O)[C@@H]1CCCN1CC(=O)Cl. The summed E-state index contributed by atoms with van der Waals surface area (Å²) in [7, 11) is 0. The van der Waals surface area contributed by atoms with Crippen molar-refractivity contribution in [2.45, 2.75) is 18.9 Å². The Labute approximate surface area is 75.6 Å². The third-order valence-corrected chi connectivity index (χ3v) is 2.14. The molecule has 5 heteroatoms. The van der Waals surface area contributed by atoms with Crippen LogP contribution in [0.2, 0.25) is 0 Å². The predicted molar refractivity (Wildman–Crippen MR) is 44.6 cm³/mol. The summed E-state index contributed by atoms with van der Waals surface area (Å²) in [4.78, 5) is 23.1. The van der Waals surface area contributed by atoms with Gasteiger partial charge in [-0.3, -0.25) is 14.5 Å². The van der Waals surface area contributed by atoms with E-state index >= 15 is 0 Å². The summed E-state index contributed by atoms with van der Waals surface area (Å²) in [6, 6.07) is -0.298. The van der Waals surface area contributed by atoms with Crippen molar-refractivity contribution in [2.75, 3.05) is 13.1 Å². The summed E-state index contributed by atoms with van der Waals surface area (Å²) in [5, 5.41) is -0.442. The van der Waals surface area contributed by atoms with Crippen molar-refractivity contribution in [3.8, 4) is 0 Å². The zero-order valence-electron chi connectivity index (χ0n) is 6.62. The quantitative estimate of drug-likeness (QED) is 0.622. The molecule has 1 heterocycles. The third-order valence-electron chi connectivity index (χ3n) is 2.02. The molecule has 12 heavy (non-hydrogen) atoms. The highest BCUT2D eigenvalue weighted by atomic mass is 35.5. The second-order valence-electron chi connectivity index (χ2n) is 2.89. The molecule has 0 radical (unpaired) electrons. The van der Waals surface area contributed by atoms with Crippen LogP contribution in [0, 0.1) is 0 Å². The minimum atomic E-state index is -0.442. The molecule has 0 aromatic heterocycles. The fourth-order valence-corrected chi connectivity index (χ4v) is 1.65. The molecule has 0 unspecified atom stereocenters. The Kier molecular flexibility index (Phi) is 3.05. The molecule has 1 fully saturated rings. The van der Waals surface area contributed by atoms with E-state index in [2.05, 4.69) is 0 Å². The van der Waals surface area contributed by atoms with Crippen LogP contribution in [0.15, 0.2) is 0 Å². The van der Waals surface area contributed by atoms with Gasteiger partial charge in [-0.15, -0.1) is 0 Å². The number of nitrogens with zero attached hydrogens (tertiary/aromatic N) is 1. The van der Waals surface area contributed by atoms with E-state index in [1.807, 2.05) is 0 Å². The van der Waals surface area contributed by atoms with Crippen LogP contribution in [0.3, 0.4) is 0 Å². The van der Waals surface area contributed by atoms with Crippen molar-refractivity contribution in [2.24, 2.45) is 5.73 Å². The van der Waals surface area contributed by atoms with Crippen LogP contribution < -0.4 is 5.73 Å². The first-order valence-corrected chi connectivity index (χ1v) is 4.21. The van der Waals surface area contributed by atoms with Crippen LogP contribution in [-0.2, 0) is 9.59 Å². The highest BCUT2D eigenvalue weighted by molar-refractivity contribution is 6.64. The molecule has 1 aliphatic heterocycles. The molecular weight excluding hydrogens is 180 g/mol. The second-order valence-corrected chi connectivity index (χ2v) is 3.31. The van der Waals surface area contributed by atoms with E-state index < -0.39 is 5.24 Å². The molecule has 1 atom stereocenters. The van der Waals surface area contributed by atoms with E-state index in [1.165, 1.54) is 0 Å². The van der Waals surface area contributed by atoms with Gasteiger partial charge in [-0.1, -0.05) is 0 Å². The van der Waals surface area contributed by atoms with Crippen LogP contribution in [0.5, 0.6) is 0 Å². The third kappa shape index (κ3) is 2.19. The lowest BCUT2D eigenvalue weighted by Gasteiger charge is -2.18. The first-order chi connectivity index (χ1) is 5.61. The van der Waals surface area contributed by atoms with Crippen LogP contribution in [0.1, 0.15) is 12.8 Å². The lowest BCUT2D eigenvalue weighted by Crippen LogP contribution is -2.41. The maximum atomic E-state index is 10.8. The van der Waals surface area contributed by atoms with Crippen molar-refractivity contribution >= 4 is 22.8 Å². The highest BCUT2D eigenvalue weighted by Crippen LogP contribution is 2.16. The molecule has 68 valence electrons. The fraction of sp³-hybridized carbons (Fsp3) is 0.714. The second kappa shape index (κ2) is 3.87. The number of nitrogens with two attached hydrogens (primary N) is 1. The number of carbonyl (C=O) groups is 2. The number of hydrogen-bond donors (Lipinski definition) is 1. The van der Waals surface area contributed by atoms with Crippen molar-refractivity contribution in [3.63, 3.8) is 0 Å². The molecule has 0 spiro atoms. The van der Waals surface area contributed by atoms with E-state index in [-0.39, 0.29) is 18.5 Å². The minimum absolute atomic E-state index is 0.120. The summed E-state index contributed by atoms with van der Waals surface area (Å²) in [6.07, 6.45) is 1.64. The van der Waals surface area contributed by atoms with Crippen molar-refractivity contribution < 1.29 is 9.59 Å². The molecule has 1 aliphatic rings. The maximum Gasteiger partial charge on any atom is 0.235 e. The van der Waals surface area contributed by atoms with Gasteiger partial charge < -0.3 is 5.73 Å². The van der Waals surface area contributed by atoms with E-state index in [0.717, 1.165) is 19.4 Å². The minimum Gasteiger partial charge on any atom is -0.368 e. The van der Waals surface area contributed by atoms with Gasteiger partial charge in [0, 0.05) is 0 Å². The van der Waals surface area contributed by atoms with Crippen molar-refractivity contribution in [3.05, 3.63) is 0 Å². The van der Waals surface area contributed by atoms with Gasteiger partial charge in [0.15, 0.2) is 0 Å². The Morgan fingerprint density at radius 1 is 1.58 bits per heavy atom. The fourth-order valence-electron chi connectivity index (χ4n) is 1.50. The predicted octanol–water partition coefficient (Wildman–Crippen LogP) is -0.299. The molecular formula is C7H11ClN2O2. The normalized spacial score (nSPS) is 24.2. The molecule has 0 aliphatic carbocycles. The van der Waals surface area contributed by atoms with Crippen LogP contribution in [0.25, 0.3) is 0 Å². The van der Waals surface area contributed by atoms with Gasteiger partial charge in [0.25, 0.3) is 0 Å². The number of carbonyl (C=O) groups excluding carboxylic acids is 2. The summed E-state index contributed by atoms with van der Waals surface area (Å²) in [5.41, 5.74) is 5.13. The molecule has 0 aromatic rings. The largest absolute Gasteiger partial charge is 0.368 e. The molecule has 0 saturated carbocycles. The molecule has 1 amide bonds. The van der Waals surface area contributed by atoms with Gasteiger partial charge in [-0.05, 0) is 31.0 Å². The first kappa shape index (κ1) is 9.48. The summed E-state index contributed by atoms with van der Waals surface area (Å²) in [6.45, 7) is 0.848. The lowest BCUT2D eigenvalue weighted by molar-refractivity contribution is -0.123. The van der Waals surface area contributed by atoms with E-state index in [4.69, 9.17) is 17.3 Å². The standard InChI is InChI=1S/C7H11ClN2O2/c8-6(11)4-10-3-1-2-5(10)7(9)12/h5H,1-4H2,(H2,9,12)/t5-/m0/s1. The average molecular weight is 191 g/mol. The van der Waals surface area contributed by atoms with Crippen LogP contribution >= 0.6 is 11.6 Å². The smallest absolute Gasteiger partial charge is 0.235 e. The maximum absolute atomic E-state index is 10.8. The molecule has 1 rings (SSSR count). The summed E-state index contributed by atoms with van der Waals surface area (Å²) >= 11 is 5.20. The van der Waals surface area contributed by atoms with E-state index in [1.54, 1.807) is 4.90 Å². The number of hydrogen-bond acceptors (Lipinski definition) is 3. The van der Waals surface area contributed by atoms with Gasteiger partial charge in [0.1, 0.15) is 0 Å². The lowest BCUT2D eigenvalue weighted by atomic mass is 10.2. The average Bonchev–Trinajstić information content (AvgIpc) is 2.33. The van der Waals surface area contributed by atoms with Gasteiger partial charge in [-0.2, -0.15) is 0 Å². The number of likely N-dealkylation sites (tertiary alicyclic amines) is 1. The van der Waals surface area contributed by atoms with Crippen molar-refractivity contribution in [1.29, 1.82) is 0 Å². The van der Waals surface area contributed by atoms with Gasteiger partial charge >= 0.3 is 0 Å². The monoisotopic (exact) mass is 190 g/mol. The number of amides is 1. The Balaban J connectivity index is 2.52. The van der Waals surface area contributed by atoms with Crippen LogP contribution in [-0.4, -0.2) is 35.2 Å². The van der Waals surface area contributed by atoms with Gasteiger partial charge in [-0.25, -0.2) is 0 Å². The molecule has 1 saturated heterocycles. The summed E-state index contributed by atoms with van der Waals surface area (Å²) in [5.74, 6) is -0.370. The molecule has 2 N–H and O–H groups in total. The Bertz CT molecular complexity index is 208. The zero-order valence-corrected chi connectivity index (χ0v) is 7.38. The molecule has 4 nitrogen and oxygen atoms in total. The Morgan fingerprint density at radius 2 is 2.25 bits per heavy atom. The van der Waals surface area contributed by atoms with Crippen molar-refractivity contribution in [1.82, 2.24) is 4.90 Å². The van der Waals surface area contributed by atoms with E-state index in [9.17, 15) is 9.59 Å². The first-order valence-electron chi connectivity index (χ1n) is 3.83. The molecule has 0 aromatic carbocycles. The Morgan fingerprint density at radius 3 is 2.75 bits per heavy atom. The van der Waals surface area contributed by atoms with Gasteiger partial charge in [0.2, 0.25) is 11.1 Å². The number of rotatable bonds is 3. The highest BCUT2D eigenvalue weighted by Gasteiger charge is 2.29. The van der Waals surface area contributed by atoms with E-state index in [0.29, 0.717) is 0 Å². The molecule has 0 bridgehead atoms. The zero-order chi connectivity index (χ0) is 9.14. The van der Waals surface area contributed by atoms with Gasteiger partial charge in [0.05, 0.1) is 12.6 Å². The number of halogens is 1. The van der Waals surface area contributed by atoms with Crippen LogP contribution in [0.4, 0.5) is 0 Å². The topological polar surface area (TPSA) is 63.4 Å².